The molecule has 2 aromatic rings. The van der Waals surface area contributed by atoms with E-state index in [0.717, 1.165) is 22.3 Å². The Balaban J connectivity index is 1.85. The van der Waals surface area contributed by atoms with Crippen molar-refractivity contribution in [2.24, 2.45) is 11.8 Å². The third kappa shape index (κ3) is 1.59. The average molecular weight is 349 g/mol. The molecule has 6 rings (SSSR count). The Morgan fingerprint density at radius 3 is 2.00 bits per heavy atom. The zero-order chi connectivity index (χ0) is 18.1. The van der Waals surface area contributed by atoms with Crippen molar-refractivity contribution in [3.8, 4) is 0 Å². The van der Waals surface area contributed by atoms with Crippen LogP contribution < -0.4 is 0 Å². The fraction of sp³-hybridized carbons (Fsp3) is 0.333. The van der Waals surface area contributed by atoms with Gasteiger partial charge in [0.1, 0.15) is 0 Å². The van der Waals surface area contributed by atoms with Crippen LogP contribution in [0.4, 0.5) is 0 Å². The van der Waals surface area contributed by atoms with Gasteiger partial charge >= 0.3 is 0 Å². The van der Waals surface area contributed by atoms with Gasteiger partial charge < -0.3 is 10.2 Å². The van der Waals surface area contributed by atoms with Crippen LogP contribution in [0.1, 0.15) is 28.2 Å². The van der Waals surface area contributed by atoms with Crippen LogP contribution >= 0.6 is 0 Å². The second kappa shape index (κ2) is 5.25. The zero-order valence-electron chi connectivity index (χ0n) is 14.1. The molecule has 1 fully saturated rings. The Hall–Kier alpha value is -2.50. The number of carbonyl (C=O) groups excluding carboxylic acids is 2. The summed E-state index contributed by atoms with van der Waals surface area (Å²) in [6.07, 6.45) is 0. The van der Waals surface area contributed by atoms with Gasteiger partial charge in [-0.15, -0.1) is 0 Å². The van der Waals surface area contributed by atoms with E-state index in [1.807, 2.05) is 48.5 Å². The monoisotopic (exact) mass is 349 g/mol. The lowest BCUT2D eigenvalue weighted by Crippen LogP contribution is -2.55. The highest BCUT2D eigenvalue weighted by Crippen LogP contribution is 2.63. The number of β-amino-alcohol motifs (C(OH)–C–C–N with tert-alkyl or cyclic N) is 1. The number of aliphatic hydroxyl groups is 2. The van der Waals surface area contributed by atoms with Gasteiger partial charge in [0.15, 0.2) is 0 Å². The second-order valence-electron chi connectivity index (χ2n) is 7.34. The fourth-order valence-corrected chi connectivity index (χ4v) is 5.58. The van der Waals surface area contributed by atoms with Crippen molar-refractivity contribution in [2.45, 2.75) is 11.3 Å². The molecule has 2 aromatic carbocycles. The Morgan fingerprint density at radius 2 is 1.46 bits per heavy atom. The molecule has 2 bridgehead atoms. The van der Waals surface area contributed by atoms with E-state index in [9.17, 15) is 19.8 Å². The number of rotatable bonds is 3. The molecule has 2 atom stereocenters. The summed E-state index contributed by atoms with van der Waals surface area (Å²) in [7, 11) is 0. The number of hydrogen-bond acceptors (Lipinski definition) is 4. The summed E-state index contributed by atoms with van der Waals surface area (Å²) in [6, 6.07) is 15.7. The number of benzene rings is 2. The van der Waals surface area contributed by atoms with Crippen molar-refractivity contribution in [1.29, 1.82) is 0 Å². The van der Waals surface area contributed by atoms with Gasteiger partial charge in [-0.1, -0.05) is 48.5 Å². The third-order valence-corrected chi connectivity index (χ3v) is 6.46. The lowest BCUT2D eigenvalue weighted by Gasteiger charge is -2.53. The third-order valence-electron chi connectivity index (χ3n) is 6.46. The number of carbonyl (C=O) groups is 2. The molecule has 26 heavy (non-hydrogen) atoms. The molecule has 0 spiro atoms. The SMILES string of the molecule is O=C1C2C3c4ccccc4C(CO)(c4ccccc43)C2C(=O)N1CCO. The first kappa shape index (κ1) is 15.7. The lowest BCUT2D eigenvalue weighted by atomic mass is 9.47. The van der Waals surface area contributed by atoms with Gasteiger partial charge in [-0.25, -0.2) is 0 Å². The number of imide groups is 1. The van der Waals surface area contributed by atoms with E-state index >= 15 is 0 Å². The van der Waals surface area contributed by atoms with Crippen LogP contribution in [0.25, 0.3) is 0 Å². The van der Waals surface area contributed by atoms with Crippen LogP contribution in [0.5, 0.6) is 0 Å². The highest BCUT2D eigenvalue weighted by Gasteiger charge is 2.67. The molecule has 3 aliphatic carbocycles. The maximum absolute atomic E-state index is 13.2. The van der Waals surface area contributed by atoms with Gasteiger partial charge in [-0.05, 0) is 22.3 Å². The molecule has 0 radical (unpaired) electrons. The molecule has 0 aromatic heterocycles. The first-order valence-electron chi connectivity index (χ1n) is 8.92. The normalized spacial score (nSPS) is 31.0. The molecule has 132 valence electrons. The van der Waals surface area contributed by atoms with Gasteiger partial charge in [0, 0.05) is 5.92 Å². The second-order valence-corrected chi connectivity index (χ2v) is 7.34. The maximum Gasteiger partial charge on any atom is 0.234 e. The summed E-state index contributed by atoms with van der Waals surface area (Å²) in [4.78, 5) is 27.5. The first-order valence-corrected chi connectivity index (χ1v) is 8.92. The Morgan fingerprint density at radius 1 is 0.885 bits per heavy atom. The van der Waals surface area contributed by atoms with E-state index in [2.05, 4.69) is 0 Å². The smallest absolute Gasteiger partial charge is 0.234 e. The highest BCUT2D eigenvalue weighted by atomic mass is 16.3. The van der Waals surface area contributed by atoms with Gasteiger partial charge in [0.2, 0.25) is 11.8 Å². The Bertz CT molecular complexity index is 890. The van der Waals surface area contributed by atoms with Crippen LogP contribution in [0.15, 0.2) is 48.5 Å². The number of nitrogens with zero attached hydrogens (tertiary/aromatic N) is 1. The maximum atomic E-state index is 13.2. The van der Waals surface area contributed by atoms with Crippen molar-refractivity contribution in [3.63, 3.8) is 0 Å². The van der Waals surface area contributed by atoms with Crippen LogP contribution in [0.2, 0.25) is 0 Å². The van der Waals surface area contributed by atoms with Crippen LogP contribution in [-0.4, -0.2) is 46.7 Å². The predicted octanol–water partition coefficient (Wildman–Crippen LogP) is 1.02. The molecule has 1 heterocycles. The molecule has 5 heteroatoms. The molecule has 1 aliphatic heterocycles. The number of hydrogen-bond donors (Lipinski definition) is 2. The summed E-state index contributed by atoms with van der Waals surface area (Å²) in [6.45, 7) is -0.486. The summed E-state index contributed by atoms with van der Waals surface area (Å²) < 4.78 is 0. The summed E-state index contributed by atoms with van der Waals surface area (Å²) in [5, 5.41) is 19.9. The lowest BCUT2D eigenvalue weighted by molar-refractivity contribution is -0.140. The molecule has 2 unspecified atom stereocenters. The standard InChI is InChI=1S/C21H19NO4/c23-10-9-22-19(25)17-16-12-5-1-3-7-14(12)21(11-24,18(17)20(22)26)15-8-4-2-6-13(15)16/h1-8,16-18,23-24H,9-11H2. The zero-order valence-corrected chi connectivity index (χ0v) is 14.1. The van der Waals surface area contributed by atoms with E-state index in [1.165, 1.54) is 4.90 Å². The minimum atomic E-state index is -0.913. The topological polar surface area (TPSA) is 77.8 Å². The predicted molar refractivity (Wildman–Crippen MR) is 93.4 cm³/mol. The number of likely N-dealkylation sites (tertiary alicyclic amines) is 1. The molecule has 1 saturated heterocycles. The van der Waals surface area contributed by atoms with Crippen LogP contribution in [-0.2, 0) is 15.0 Å². The number of amides is 2. The summed E-state index contributed by atoms with van der Waals surface area (Å²) in [5.74, 6) is -1.86. The molecule has 4 aliphatic rings. The van der Waals surface area contributed by atoms with E-state index in [1.54, 1.807) is 0 Å². The average Bonchev–Trinajstić information content (AvgIpc) is 2.94. The molecule has 0 saturated carbocycles. The molecular weight excluding hydrogens is 330 g/mol. The van der Waals surface area contributed by atoms with Crippen molar-refractivity contribution >= 4 is 11.8 Å². The van der Waals surface area contributed by atoms with Crippen molar-refractivity contribution < 1.29 is 19.8 Å². The van der Waals surface area contributed by atoms with Gasteiger partial charge in [0.25, 0.3) is 0 Å². The van der Waals surface area contributed by atoms with Crippen LogP contribution in [0, 0.1) is 11.8 Å². The Kier molecular flexibility index (Phi) is 3.18. The minimum Gasteiger partial charge on any atom is -0.395 e. The van der Waals surface area contributed by atoms with Crippen molar-refractivity contribution in [1.82, 2.24) is 4.90 Å². The first-order chi connectivity index (χ1) is 12.7. The molecule has 2 N–H and O–H groups in total. The van der Waals surface area contributed by atoms with E-state index in [0.29, 0.717) is 0 Å². The summed E-state index contributed by atoms with van der Waals surface area (Å²) in [5.41, 5.74) is 3.02. The number of aliphatic hydroxyl groups excluding tert-OH is 2. The quantitative estimate of drug-likeness (QED) is 0.811. The highest BCUT2D eigenvalue weighted by molar-refractivity contribution is 6.08. The van der Waals surface area contributed by atoms with Crippen molar-refractivity contribution in [3.05, 3.63) is 70.8 Å². The van der Waals surface area contributed by atoms with Gasteiger partial charge in [0.05, 0.1) is 37.0 Å². The molecule has 2 amide bonds. The minimum absolute atomic E-state index is 0.00554. The fourth-order valence-electron chi connectivity index (χ4n) is 5.58. The van der Waals surface area contributed by atoms with Gasteiger partial charge in [-0.2, -0.15) is 0 Å². The van der Waals surface area contributed by atoms with E-state index < -0.39 is 17.3 Å². The van der Waals surface area contributed by atoms with Crippen molar-refractivity contribution in [2.75, 3.05) is 19.8 Å². The molecule has 5 nitrogen and oxygen atoms in total. The molecular formula is C21H19NO4. The summed E-state index contributed by atoms with van der Waals surface area (Å²) >= 11 is 0. The Labute approximate surface area is 150 Å². The van der Waals surface area contributed by atoms with Gasteiger partial charge in [-0.3, -0.25) is 14.5 Å². The van der Waals surface area contributed by atoms with Crippen LogP contribution in [0.3, 0.4) is 0 Å². The largest absolute Gasteiger partial charge is 0.395 e. The van der Waals surface area contributed by atoms with E-state index in [4.69, 9.17) is 0 Å². The van der Waals surface area contributed by atoms with E-state index in [-0.39, 0.29) is 37.5 Å².